The summed E-state index contributed by atoms with van der Waals surface area (Å²) in [7, 11) is -2.65. The van der Waals surface area contributed by atoms with Crippen LogP contribution >= 0.6 is 0 Å². The van der Waals surface area contributed by atoms with Crippen molar-refractivity contribution in [2.24, 2.45) is 0 Å². The smallest absolute Gasteiger partial charge is 0.332 e. The second kappa shape index (κ2) is 8.46. The van der Waals surface area contributed by atoms with E-state index in [1.807, 2.05) is 32.4 Å². The summed E-state index contributed by atoms with van der Waals surface area (Å²) in [5, 5.41) is 1.28. The van der Waals surface area contributed by atoms with Crippen LogP contribution in [0.5, 0.6) is 0 Å². The molecule has 1 aliphatic rings. The molecule has 0 bridgehead atoms. The molecule has 0 spiro atoms. The lowest BCUT2D eigenvalue weighted by Crippen LogP contribution is -2.51. The third kappa shape index (κ3) is 4.81. The molecule has 9 heteroatoms. The van der Waals surface area contributed by atoms with Crippen LogP contribution in [-0.4, -0.2) is 44.1 Å². The number of sulfonamides is 1. The number of halogens is 1. The largest absolute Gasteiger partial charge is 0.345 e. The molecule has 1 aromatic rings. The van der Waals surface area contributed by atoms with Gasteiger partial charge < -0.3 is 10.2 Å². The molecule has 3 amide bonds. The maximum absolute atomic E-state index is 14.0. The first-order valence-corrected chi connectivity index (χ1v) is 10.9. The summed E-state index contributed by atoms with van der Waals surface area (Å²) < 4.78 is 41.1. The average molecular weight is 414 g/mol. The molecule has 28 heavy (non-hydrogen) atoms. The van der Waals surface area contributed by atoms with Gasteiger partial charge in [0.25, 0.3) is 0 Å². The van der Waals surface area contributed by atoms with Crippen molar-refractivity contribution in [1.82, 2.24) is 9.62 Å². The second-order valence-corrected chi connectivity index (χ2v) is 9.62. The molecule has 1 atom stereocenters. The summed E-state index contributed by atoms with van der Waals surface area (Å²) in [5.41, 5.74) is 1.54. The van der Waals surface area contributed by atoms with Gasteiger partial charge in [0.2, 0.25) is 15.9 Å². The van der Waals surface area contributed by atoms with E-state index in [1.54, 1.807) is 0 Å². The molecule has 1 unspecified atom stereocenters. The number of amides is 3. The van der Waals surface area contributed by atoms with Gasteiger partial charge in [0.05, 0.1) is 0 Å². The van der Waals surface area contributed by atoms with Gasteiger partial charge in [-0.05, 0) is 47.9 Å². The van der Waals surface area contributed by atoms with Crippen molar-refractivity contribution >= 4 is 27.6 Å². The Balaban J connectivity index is 2.29. The van der Waals surface area contributed by atoms with E-state index < -0.39 is 33.0 Å². The minimum absolute atomic E-state index is 0.0892. The Labute approximate surface area is 165 Å². The highest BCUT2D eigenvalue weighted by atomic mass is 32.2. The topological polar surface area (TPSA) is 95.6 Å². The molecule has 0 saturated carbocycles. The molecule has 1 aliphatic heterocycles. The van der Waals surface area contributed by atoms with Gasteiger partial charge in [0.1, 0.15) is 5.82 Å². The number of anilines is 1. The molecule has 0 radical (unpaired) electrons. The first-order chi connectivity index (χ1) is 12.9. The van der Waals surface area contributed by atoms with Gasteiger partial charge in [0.15, 0.2) is 5.25 Å². The van der Waals surface area contributed by atoms with Crippen molar-refractivity contribution in [2.75, 3.05) is 18.9 Å². The van der Waals surface area contributed by atoms with Crippen LogP contribution in [0, 0.1) is 5.82 Å². The number of likely N-dealkylation sites (tertiary alicyclic amines) is 1. The summed E-state index contributed by atoms with van der Waals surface area (Å²) in [4.78, 5) is 26.0. The van der Waals surface area contributed by atoms with Crippen molar-refractivity contribution in [3.8, 4) is 0 Å². The Morgan fingerprint density at radius 2 is 1.71 bits per heavy atom. The van der Waals surface area contributed by atoms with Gasteiger partial charge in [-0.1, -0.05) is 27.7 Å². The molecule has 7 nitrogen and oxygen atoms in total. The monoisotopic (exact) mass is 413 g/mol. The fourth-order valence-corrected chi connectivity index (χ4v) is 4.70. The Morgan fingerprint density at radius 3 is 2.21 bits per heavy atom. The van der Waals surface area contributed by atoms with E-state index in [2.05, 4.69) is 5.32 Å². The van der Waals surface area contributed by atoms with Crippen LogP contribution in [0.15, 0.2) is 12.1 Å². The molecule has 2 rings (SSSR count). The summed E-state index contributed by atoms with van der Waals surface area (Å²) in [6.07, 6.45) is 0.708. The standard InChI is InChI=1S/C19H28FN3O4S/c1-11(2)14-9-13(20)10-15(12(3)4)17(14)21-19(25)22-28(26,27)16-7-6-8-23(5)18(16)24/h9-12,16H,6-8H2,1-5H3,(H2,21,22,25). The van der Waals surface area contributed by atoms with Gasteiger partial charge in [-0.15, -0.1) is 0 Å². The van der Waals surface area contributed by atoms with Crippen LogP contribution in [-0.2, 0) is 14.8 Å². The average Bonchev–Trinajstić information content (AvgIpc) is 2.57. The van der Waals surface area contributed by atoms with Crippen LogP contribution in [0.1, 0.15) is 63.5 Å². The van der Waals surface area contributed by atoms with E-state index in [1.165, 1.54) is 24.1 Å². The predicted molar refractivity (Wildman–Crippen MR) is 106 cm³/mol. The number of hydrogen-bond donors (Lipinski definition) is 2. The van der Waals surface area contributed by atoms with Gasteiger partial charge in [-0.3, -0.25) is 4.79 Å². The summed E-state index contributed by atoms with van der Waals surface area (Å²) in [6.45, 7) is 7.91. The van der Waals surface area contributed by atoms with Crippen LogP contribution < -0.4 is 10.0 Å². The zero-order chi connectivity index (χ0) is 21.2. The lowest BCUT2D eigenvalue weighted by Gasteiger charge is -2.29. The van der Waals surface area contributed by atoms with Gasteiger partial charge in [0, 0.05) is 19.3 Å². The lowest BCUT2D eigenvalue weighted by atomic mass is 9.92. The van der Waals surface area contributed by atoms with Crippen molar-refractivity contribution in [3.05, 3.63) is 29.1 Å². The number of nitrogens with zero attached hydrogens (tertiary/aromatic N) is 1. The van der Waals surface area contributed by atoms with E-state index in [0.29, 0.717) is 29.8 Å². The Bertz CT molecular complexity index is 839. The number of carbonyl (C=O) groups is 2. The third-order valence-corrected chi connectivity index (χ3v) is 6.52. The van der Waals surface area contributed by atoms with Crippen molar-refractivity contribution < 1.29 is 22.4 Å². The molecule has 0 aliphatic carbocycles. The van der Waals surface area contributed by atoms with Crippen LogP contribution in [0.3, 0.4) is 0 Å². The van der Waals surface area contributed by atoms with Crippen molar-refractivity contribution in [2.45, 2.75) is 57.6 Å². The van der Waals surface area contributed by atoms with Crippen molar-refractivity contribution in [1.29, 1.82) is 0 Å². The molecule has 1 fully saturated rings. The number of benzene rings is 1. The third-order valence-electron chi connectivity index (χ3n) is 4.87. The van der Waals surface area contributed by atoms with E-state index in [-0.39, 0.29) is 18.3 Å². The van der Waals surface area contributed by atoms with Crippen LogP contribution in [0.25, 0.3) is 0 Å². The molecule has 156 valence electrons. The maximum atomic E-state index is 14.0. The van der Waals surface area contributed by atoms with E-state index in [4.69, 9.17) is 0 Å². The molecule has 0 aromatic heterocycles. The normalized spacial score (nSPS) is 17.9. The minimum Gasteiger partial charge on any atom is -0.345 e. The molecule has 2 N–H and O–H groups in total. The molecular formula is C19H28FN3O4S. The number of hydrogen-bond acceptors (Lipinski definition) is 4. The van der Waals surface area contributed by atoms with E-state index in [9.17, 15) is 22.4 Å². The van der Waals surface area contributed by atoms with E-state index in [0.717, 1.165) is 0 Å². The number of piperidine rings is 1. The number of rotatable bonds is 5. The summed E-state index contributed by atoms with van der Waals surface area (Å²) >= 11 is 0. The maximum Gasteiger partial charge on any atom is 0.332 e. The van der Waals surface area contributed by atoms with Gasteiger partial charge >= 0.3 is 6.03 Å². The molecule has 1 aromatic carbocycles. The van der Waals surface area contributed by atoms with Crippen LogP contribution in [0.4, 0.5) is 14.9 Å². The Morgan fingerprint density at radius 1 is 1.18 bits per heavy atom. The lowest BCUT2D eigenvalue weighted by molar-refractivity contribution is -0.131. The highest BCUT2D eigenvalue weighted by Crippen LogP contribution is 2.33. The fraction of sp³-hybridized carbons (Fsp3) is 0.579. The fourth-order valence-electron chi connectivity index (χ4n) is 3.33. The first-order valence-electron chi connectivity index (χ1n) is 9.35. The zero-order valence-electron chi connectivity index (χ0n) is 16.9. The quantitative estimate of drug-likeness (QED) is 0.775. The Hall–Kier alpha value is -2.16. The van der Waals surface area contributed by atoms with Crippen molar-refractivity contribution in [3.63, 3.8) is 0 Å². The highest BCUT2D eigenvalue weighted by molar-refractivity contribution is 7.91. The highest BCUT2D eigenvalue weighted by Gasteiger charge is 2.38. The molecule has 1 saturated heterocycles. The first kappa shape index (κ1) is 22.1. The predicted octanol–water partition coefficient (Wildman–Crippen LogP) is 3.14. The van der Waals surface area contributed by atoms with Gasteiger partial charge in [-0.2, -0.15) is 0 Å². The summed E-state index contributed by atoms with van der Waals surface area (Å²) in [6, 6.07) is 1.71. The Kier molecular flexibility index (Phi) is 6.69. The summed E-state index contributed by atoms with van der Waals surface area (Å²) in [5.74, 6) is -1.12. The zero-order valence-corrected chi connectivity index (χ0v) is 17.7. The second-order valence-electron chi connectivity index (χ2n) is 7.76. The SMILES string of the molecule is CC(C)c1cc(F)cc(C(C)C)c1NC(=O)NS(=O)(=O)C1CCCN(C)C1=O. The minimum atomic E-state index is -4.19. The number of urea groups is 1. The number of carbonyl (C=O) groups excluding carboxylic acids is 2. The van der Waals surface area contributed by atoms with Crippen LogP contribution in [0.2, 0.25) is 0 Å². The molecular weight excluding hydrogens is 385 g/mol. The molecule has 1 heterocycles. The van der Waals surface area contributed by atoms with Gasteiger partial charge in [-0.25, -0.2) is 22.3 Å². The number of nitrogens with one attached hydrogen (secondary N) is 2. The van der Waals surface area contributed by atoms with E-state index >= 15 is 0 Å².